The predicted octanol–water partition coefficient (Wildman–Crippen LogP) is 2.07. The lowest BCUT2D eigenvalue weighted by atomic mass is 9.77. The third-order valence-electron chi connectivity index (χ3n) is 6.01. The first-order valence-corrected chi connectivity index (χ1v) is 9.44. The molecular formula is C20H31N3O3. The fourth-order valence-corrected chi connectivity index (χ4v) is 4.76. The van der Waals surface area contributed by atoms with Gasteiger partial charge in [-0.25, -0.2) is 0 Å². The molecule has 1 aliphatic heterocycles. The number of likely N-dealkylation sites (tertiary alicyclic amines) is 1. The molecule has 6 nitrogen and oxygen atoms in total. The van der Waals surface area contributed by atoms with Crippen LogP contribution in [0.3, 0.4) is 0 Å². The minimum absolute atomic E-state index is 0.0249. The van der Waals surface area contributed by atoms with Crippen LogP contribution in [0.25, 0.3) is 0 Å². The zero-order valence-corrected chi connectivity index (χ0v) is 16.5. The normalized spacial score (nSPS) is 28.7. The van der Waals surface area contributed by atoms with Crippen LogP contribution in [0.2, 0.25) is 0 Å². The Hall–Kier alpha value is -1.66. The molecule has 144 valence electrons. The van der Waals surface area contributed by atoms with Crippen LogP contribution in [0.1, 0.15) is 36.6 Å². The molecule has 1 aliphatic carbocycles. The van der Waals surface area contributed by atoms with E-state index >= 15 is 0 Å². The molecule has 26 heavy (non-hydrogen) atoms. The Labute approximate surface area is 156 Å². The summed E-state index contributed by atoms with van der Waals surface area (Å²) in [5, 5.41) is 3.08. The summed E-state index contributed by atoms with van der Waals surface area (Å²) in [4.78, 5) is 18.6. The van der Waals surface area contributed by atoms with Crippen molar-refractivity contribution in [3.63, 3.8) is 0 Å². The van der Waals surface area contributed by atoms with Crippen molar-refractivity contribution in [1.82, 2.24) is 15.2 Å². The first-order chi connectivity index (χ1) is 12.4. The average molecular weight is 361 g/mol. The second kappa shape index (κ2) is 7.92. The summed E-state index contributed by atoms with van der Waals surface area (Å²) >= 11 is 0. The highest BCUT2D eigenvalue weighted by molar-refractivity contribution is 5.73. The van der Waals surface area contributed by atoms with Crippen molar-refractivity contribution >= 4 is 5.91 Å². The van der Waals surface area contributed by atoms with E-state index in [1.807, 2.05) is 13.1 Å². The molecule has 0 spiro atoms. The number of carbonyl (C=O) groups is 1. The van der Waals surface area contributed by atoms with E-state index < -0.39 is 0 Å². The number of carbonyl (C=O) groups excluding carboxylic acids is 1. The van der Waals surface area contributed by atoms with E-state index in [2.05, 4.69) is 22.1 Å². The van der Waals surface area contributed by atoms with Crippen molar-refractivity contribution in [3.8, 4) is 5.75 Å². The summed E-state index contributed by atoms with van der Waals surface area (Å²) in [5.41, 5.74) is 3.30. The lowest BCUT2D eigenvalue weighted by Gasteiger charge is -2.37. The Morgan fingerprint density at radius 1 is 1.27 bits per heavy atom. The van der Waals surface area contributed by atoms with Crippen molar-refractivity contribution in [1.29, 1.82) is 0 Å². The largest absolute Gasteiger partial charge is 0.496 e. The molecule has 0 aromatic carbocycles. The highest BCUT2D eigenvalue weighted by Gasteiger charge is 2.42. The fourth-order valence-electron chi connectivity index (χ4n) is 4.76. The first-order valence-electron chi connectivity index (χ1n) is 9.44. The predicted molar refractivity (Wildman–Crippen MR) is 100 cm³/mol. The third-order valence-corrected chi connectivity index (χ3v) is 6.01. The highest BCUT2D eigenvalue weighted by Crippen LogP contribution is 2.38. The lowest BCUT2D eigenvalue weighted by molar-refractivity contribution is -0.121. The number of pyridine rings is 1. The van der Waals surface area contributed by atoms with E-state index in [-0.39, 0.29) is 18.1 Å². The van der Waals surface area contributed by atoms with Gasteiger partial charge in [-0.2, -0.15) is 0 Å². The molecule has 3 rings (SSSR count). The van der Waals surface area contributed by atoms with Gasteiger partial charge < -0.3 is 14.8 Å². The molecule has 6 heteroatoms. The van der Waals surface area contributed by atoms with Crippen molar-refractivity contribution in [2.75, 3.05) is 27.3 Å². The number of hydrogen-bond donors (Lipinski definition) is 1. The van der Waals surface area contributed by atoms with Crippen LogP contribution in [-0.4, -0.2) is 55.2 Å². The summed E-state index contributed by atoms with van der Waals surface area (Å²) in [5.74, 6) is 2.19. The van der Waals surface area contributed by atoms with Gasteiger partial charge in [0.15, 0.2) is 0 Å². The summed E-state index contributed by atoms with van der Waals surface area (Å²) in [6.07, 6.45) is 4.01. The molecule has 2 fully saturated rings. The number of rotatable bonds is 5. The Bertz CT molecular complexity index is 664. The molecule has 2 heterocycles. The SMILES string of the molecule is COc1c(C)cnc(CN2C[C@H]3C[C@@H](NC(C)=O)[C@H](OC)C[C@H]3C2)c1C. The van der Waals surface area contributed by atoms with Crippen LogP contribution in [0.5, 0.6) is 5.75 Å². The molecule has 0 unspecified atom stereocenters. The second-order valence-corrected chi connectivity index (χ2v) is 7.81. The number of aromatic nitrogens is 1. The maximum atomic E-state index is 11.5. The van der Waals surface area contributed by atoms with Gasteiger partial charge in [-0.3, -0.25) is 14.7 Å². The van der Waals surface area contributed by atoms with Crippen LogP contribution in [-0.2, 0) is 16.1 Å². The molecule has 0 radical (unpaired) electrons. The molecule has 4 atom stereocenters. The maximum Gasteiger partial charge on any atom is 0.217 e. The molecule has 1 amide bonds. The molecule has 1 aromatic rings. The Morgan fingerprint density at radius 2 is 1.96 bits per heavy atom. The maximum absolute atomic E-state index is 11.5. The summed E-state index contributed by atoms with van der Waals surface area (Å²) < 4.78 is 11.2. The van der Waals surface area contributed by atoms with Gasteiger partial charge in [-0.05, 0) is 38.5 Å². The van der Waals surface area contributed by atoms with E-state index in [0.29, 0.717) is 11.8 Å². The Balaban J connectivity index is 1.68. The van der Waals surface area contributed by atoms with E-state index in [4.69, 9.17) is 9.47 Å². The third kappa shape index (κ3) is 3.86. The standard InChI is InChI=1S/C20H31N3O3/c1-12-8-21-18(13(2)20(12)26-5)11-23-9-15-6-17(22-14(3)24)19(25-4)7-16(15)10-23/h8,15-17,19H,6-7,9-11H2,1-5H3,(H,22,24)/t15-,16+,17-,19-/m1/s1. The van der Waals surface area contributed by atoms with Gasteiger partial charge in [-0.1, -0.05) is 0 Å². The number of ether oxygens (including phenoxy) is 2. The fraction of sp³-hybridized carbons (Fsp3) is 0.700. The first kappa shape index (κ1) is 19.1. The van der Waals surface area contributed by atoms with Crippen LogP contribution in [0.15, 0.2) is 6.20 Å². The van der Waals surface area contributed by atoms with E-state index in [0.717, 1.165) is 55.0 Å². The number of hydrogen-bond acceptors (Lipinski definition) is 5. The molecule has 1 saturated carbocycles. The smallest absolute Gasteiger partial charge is 0.217 e. The highest BCUT2D eigenvalue weighted by atomic mass is 16.5. The van der Waals surface area contributed by atoms with Crippen LogP contribution >= 0.6 is 0 Å². The monoisotopic (exact) mass is 361 g/mol. The van der Waals surface area contributed by atoms with E-state index in [1.54, 1.807) is 21.1 Å². The van der Waals surface area contributed by atoms with Crippen molar-refractivity contribution in [3.05, 3.63) is 23.0 Å². The van der Waals surface area contributed by atoms with Gasteiger partial charge >= 0.3 is 0 Å². The zero-order valence-electron chi connectivity index (χ0n) is 16.5. The second-order valence-electron chi connectivity index (χ2n) is 7.81. The topological polar surface area (TPSA) is 63.7 Å². The van der Waals surface area contributed by atoms with Crippen LogP contribution in [0.4, 0.5) is 0 Å². The van der Waals surface area contributed by atoms with Crippen molar-refractivity contribution < 1.29 is 14.3 Å². The summed E-state index contributed by atoms with van der Waals surface area (Å²) in [6.45, 7) is 8.66. The number of aryl methyl sites for hydroxylation is 1. The van der Waals surface area contributed by atoms with Crippen molar-refractivity contribution in [2.45, 2.75) is 52.3 Å². The van der Waals surface area contributed by atoms with Crippen molar-refractivity contribution in [2.24, 2.45) is 11.8 Å². The molecule has 0 bridgehead atoms. The van der Waals surface area contributed by atoms with Gasteiger partial charge in [0.25, 0.3) is 0 Å². The van der Waals surface area contributed by atoms with Gasteiger partial charge in [0.05, 0.1) is 24.9 Å². The number of nitrogens with one attached hydrogen (secondary N) is 1. The molecule has 1 saturated heterocycles. The van der Waals surface area contributed by atoms with Crippen LogP contribution in [0, 0.1) is 25.7 Å². The van der Waals surface area contributed by atoms with E-state index in [9.17, 15) is 4.79 Å². The number of fused-ring (bicyclic) bond motifs is 1. The number of methoxy groups -OCH3 is 2. The summed E-state index contributed by atoms with van der Waals surface area (Å²) in [7, 11) is 3.47. The minimum Gasteiger partial charge on any atom is -0.496 e. The van der Waals surface area contributed by atoms with Gasteiger partial charge in [0, 0.05) is 51.0 Å². The minimum atomic E-state index is 0.0249. The molecule has 2 aliphatic rings. The van der Waals surface area contributed by atoms with E-state index in [1.165, 1.54) is 0 Å². The average Bonchev–Trinajstić information content (AvgIpc) is 2.98. The Morgan fingerprint density at radius 3 is 2.58 bits per heavy atom. The number of amides is 1. The molecule has 1 N–H and O–H groups in total. The lowest BCUT2D eigenvalue weighted by Crippen LogP contribution is -2.49. The Kier molecular flexibility index (Phi) is 5.82. The van der Waals surface area contributed by atoms with Gasteiger partial charge in [0.1, 0.15) is 5.75 Å². The molecule has 1 aromatic heterocycles. The quantitative estimate of drug-likeness (QED) is 0.870. The van der Waals surface area contributed by atoms with Gasteiger partial charge in [0.2, 0.25) is 5.91 Å². The van der Waals surface area contributed by atoms with Crippen LogP contribution < -0.4 is 10.1 Å². The van der Waals surface area contributed by atoms with Gasteiger partial charge in [-0.15, -0.1) is 0 Å². The number of nitrogens with zero attached hydrogens (tertiary/aromatic N) is 2. The molecular weight excluding hydrogens is 330 g/mol. The summed E-state index contributed by atoms with van der Waals surface area (Å²) in [6, 6.07) is 0.123. The zero-order chi connectivity index (χ0) is 18.8.